The van der Waals surface area contributed by atoms with Gasteiger partial charge in [0, 0.05) is 72.6 Å². The number of hydrogen-bond acceptors (Lipinski definition) is 22. The zero-order chi connectivity index (χ0) is 96.3. The van der Waals surface area contributed by atoms with Crippen LogP contribution in [0.3, 0.4) is 0 Å². The van der Waals surface area contributed by atoms with Gasteiger partial charge in [-0.05, 0) is 135 Å². The SMILES string of the molecule is C.C.C.C.C.C.C.C.CC.CC(C)(C)[Si](C)(C)C.CC(C)(C)[Si](C)(C)OC[C@@H](O)COCc1ccccc1.OC[C@@H](O)COCc1ccccc1.[2H]C[C@@H](CO)OCC#C.[2H]C[C@@H](COP(OCCC#C)N(C(C)C)C(C)C)OCC#C.[2H]C[C@@H](COP(OCC[N+]#[C-])N(C(C)C)C(C)C)OCC#C.[2H]C[C@H](O)CO[Si](C)(C)C(C)(C)C.[3H]OC.[3H]OC.[3H]OC.[3H]OC. The second kappa shape index (κ2) is 102. The van der Waals surface area contributed by atoms with Crippen LogP contribution in [-0.2, 0) is 63.8 Å². The average molecular weight is 1840 g/mol. The lowest BCUT2D eigenvalue weighted by molar-refractivity contribution is 0.0000253. The number of benzene rings is 2. The van der Waals surface area contributed by atoms with Crippen molar-refractivity contribution in [3.63, 3.8) is 0 Å². The van der Waals surface area contributed by atoms with Crippen LogP contribution in [0.15, 0.2) is 60.7 Å². The molecule has 121 heavy (non-hydrogen) atoms. The highest BCUT2D eigenvalue weighted by Crippen LogP contribution is 2.47. The molecule has 0 spiro atoms. The minimum Gasteiger partial charge on any atom is -0.414 e. The van der Waals surface area contributed by atoms with Crippen LogP contribution in [0.4, 0.5) is 0 Å². The Labute approximate surface area is 768 Å². The first-order chi connectivity index (χ1) is 56.4. The van der Waals surface area contributed by atoms with Crippen LogP contribution >= 0.6 is 17.1 Å². The summed E-state index contributed by atoms with van der Waals surface area (Å²) >= 11 is 0. The van der Waals surface area contributed by atoms with Crippen molar-refractivity contribution >= 4 is 41.8 Å². The zero-order valence-electron chi connectivity index (χ0n) is 83.8. The summed E-state index contributed by atoms with van der Waals surface area (Å²) < 4.78 is 117. The third-order valence-electron chi connectivity index (χ3n) is 15.7. The van der Waals surface area contributed by atoms with E-state index in [1.165, 1.54) is 28.4 Å². The van der Waals surface area contributed by atoms with Gasteiger partial charge in [-0.3, -0.25) is 0 Å². The number of hydrogen-bond donors (Lipinski definition) is 9. The molecule has 0 saturated carbocycles. The van der Waals surface area contributed by atoms with E-state index in [-0.39, 0.29) is 186 Å². The molecule has 8 atom stereocenters. The van der Waals surface area contributed by atoms with Gasteiger partial charge in [0.15, 0.2) is 16.6 Å². The molecule has 2 unspecified atom stereocenters. The summed E-state index contributed by atoms with van der Waals surface area (Å²) in [6, 6.07) is 20.7. The molecule has 9 N–H and O–H groups in total. The summed E-state index contributed by atoms with van der Waals surface area (Å²) in [6.45, 7) is 67.6. The molecular formula is C93H201N3O20P2Si3. The zero-order valence-corrected chi connectivity index (χ0v) is 80.6. The minimum atomic E-state index is -1.79. The molecule has 28 heteroatoms. The topological polar surface area (TPSA) is 294 Å². The molecule has 0 saturated heterocycles. The summed E-state index contributed by atoms with van der Waals surface area (Å²) in [6.07, 6.45) is 17.9. The Balaban J connectivity index is -0.0000000685. The van der Waals surface area contributed by atoms with Crippen LogP contribution in [0, 0.1) is 55.9 Å². The van der Waals surface area contributed by atoms with E-state index in [0.29, 0.717) is 64.3 Å². The maximum Gasteiger partial charge on any atom is 0.259 e. The van der Waals surface area contributed by atoms with Crippen molar-refractivity contribution in [1.29, 1.82) is 5.72 Å². The van der Waals surface area contributed by atoms with Crippen molar-refractivity contribution in [1.82, 2.24) is 9.34 Å². The van der Waals surface area contributed by atoms with E-state index >= 15 is 0 Å². The molecule has 0 bridgehead atoms. The van der Waals surface area contributed by atoms with Gasteiger partial charge in [0.05, 0.1) is 103 Å². The Bertz CT molecular complexity index is 2630. The fourth-order valence-corrected chi connectivity index (χ4v) is 11.8. The Hall–Kier alpha value is -3.20. The van der Waals surface area contributed by atoms with E-state index in [1.807, 2.05) is 74.5 Å². The largest absolute Gasteiger partial charge is 0.414 e. The first-order valence-corrected chi connectivity index (χ1v) is 49.6. The van der Waals surface area contributed by atoms with Crippen LogP contribution in [0.2, 0.25) is 60.9 Å². The van der Waals surface area contributed by atoms with Crippen molar-refractivity contribution < 1.29 is 102 Å². The van der Waals surface area contributed by atoms with Gasteiger partial charge in [-0.25, -0.2) is 15.9 Å². The Kier molecular flexibility index (Phi) is 117. The van der Waals surface area contributed by atoms with Crippen molar-refractivity contribution in [2.45, 2.75) is 360 Å². The van der Waals surface area contributed by atoms with Gasteiger partial charge in [-0.1, -0.05) is 234 Å². The summed E-state index contributed by atoms with van der Waals surface area (Å²) in [5, 5.41) is 59.9. The Morgan fingerprint density at radius 2 is 0.769 bits per heavy atom. The van der Waals surface area contributed by atoms with Crippen molar-refractivity contribution in [2.24, 2.45) is 0 Å². The standard InChI is InChI=1S/C16H28NO3P.C16H28O3Si.C15H27N2O3P.C10H14O3.C9H22O2Si.C7H18Si.C6H10O2.C2H6.4CH4O.8CH4/c1-8-10-12-19-21(17(14(3)4)15(5)6)20-13-16(7)18-11-9-2;1-16(2,3)20(4,5)19-13-15(17)12-18-11-14-9-7-6-8-10-14;1-8-10-18-15(6)12-20-21(19-11-9-16-7)17(13(2)3)14(4)5;11-6-10(12)8-13-7-9-4-2-1-3-5-9;1-8(10)7-11-12(5,6)9(2,3)4;1-7(2,3)8(4,5)6;1-3-4-8-6(2)5-7;5*1-2;;;;;;;;/h1-2,14-16H,10-13H2,3-7H3;6-10,15,17H,11-13H2,1-5H3;1,13-15H,9-12H2,2-6H3;1-5,10-12H,6-8H2;8,10H,7H2,1-6H3;1-6H3;1,6-7H,4-5H2,2H3;1-2H3;4*2H,1H3;8*1H4/t16-,21?;15-;15-,21?;10-;8-;;6-;;;;;;;;;;;;;/m00010.0............./s1/i7D;;6D;;1D;;2D;;4*2T;;;;;;;;. The Morgan fingerprint density at radius 3 is 1.02 bits per heavy atom. The van der Waals surface area contributed by atoms with Crippen molar-refractivity contribution in [3.8, 4) is 49.4 Å². The van der Waals surface area contributed by atoms with Gasteiger partial charge >= 0.3 is 0 Å². The van der Waals surface area contributed by atoms with Gasteiger partial charge in [-0.15, -0.1) is 31.6 Å². The predicted octanol–water partition coefficient (Wildman–Crippen LogP) is 21.0. The molecule has 0 radical (unpaired) electrons. The number of terminal acetylenes is 4. The summed E-state index contributed by atoms with van der Waals surface area (Å²) in [5.74, 6) is 9.60. The second-order valence-corrected chi connectivity index (χ2v) is 48.6. The fraction of sp³-hybridized carbons (Fsp3) is 0.774. The van der Waals surface area contributed by atoms with Crippen LogP contribution in [-0.4, -0.2) is 267 Å². The summed E-state index contributed by atoms with van der Waals surface area (Å²) in [7, 11) is -1.74. The number of ether oxygens (including phenoxy) is 5. The van der Waals surface area contributed by atoms with Gasteiger partial charge in [0.25, 0.3) is 17.1 Å². The molecule has 2 rings (SSSR count). The van der Waals surface area contributed by atoms with Crippen molar-refractivity contribution in [3.05, 3.63) is 83.2 Å². The lowest BCUT2D eigenvalue weighted by Crippen LogP contribution is -2.43. The molecule has 0 aliphatic rings. The molecule has 2 aromatic rings. The quantitative estimate of drug-likeness (QED) is 0.00985. The number of aliphatic hydroxyl groups is 9. The number of aliphatic hydroxyl groups excluding tert-OH is 9. The monoisotopic (exact) mass is 1840 g/mol. The maximum atomic E-state index is 9.93. The number of nitrogens with zero attached hydrogens (tertiary/aromatic N) is 3. The molecule has 0 amide bonds. The third kappa shape index (κ3) is 100. The van der Waals surface area contributed by atoms with Gasteiger partial charge in [0.2, 0.25) is 12.3 Å². The van der Waals surface area contributed by atoms with Crippen molar-refractivity contribution in [2.75, 3.05) is 121 Å². The molecule has 23 nitrogen and oxygen atoms in total. The van der Waals surface area contributed by atoms with Crippen LogP contribution in [0.1, 0.15) is 242 Å². The van der Waals surface area contributed by atoms with Crippen LogP contribution < -0.4 is 0 Å². The fourth-order valence-electron chi connectivity index (χ4n) is 6.49. The van der Waals surface area contributed by atoms with E-state index < -0.39 is 66.2 Å². The highest BCUT2D eigenvalue weighted by molar-refractivity contribution is 7.44. The predicted molar refractivity (Wildman–Crippen MR) is 537 cm³/mol. The highest BCUT2D eigenvalue weighted by atomic mass is 31.2. The van der Waals surface area contributed by atoms with Gasteiger partial charge in [-0.2, -0.15) is 0 Å². The van der Waals surface area contributed by atoms with Gasteiger partial charge in [0.1, 0.15) is 32.5 Å². The third-order valence-corrected chi connectivity index (χ3v) is 33.3. The van der Waals surface area contributed by atoms with E-state index in [2.05, 4.69) is 222 Å². The molecular weight excluding hydrogens is 1630 g/mol. The first kappa shape index (κ1) is 138. The summed E-state index contributed by atoms with van der Waals surface area (Å²) in [5.41, 5.74) is 2.18. The number of rotatable bonds is 40. The van der Waals surface area contributed by atoms with E-state index in [1.54, 1.807) is 0 Å². The second-order valence-electron chi connectivity index (χ2n) is 30.1. The van der Waals surface area contributed by atoms with E-state index in [0.717, 1.165) is 11.1 Å². The molecule has 0 fully saturated rings. The molecule has 2 aromatic carbocycles. The van der Waals surface area contributed by atoms with E-state index in [9.17, 15) is 10.2 Å². The minimum absolute atomic E-state index is 0. The maximum absolute atomic E-state index is 9.93. The molecule has 0 aliphatic heterocycles. The average Bonchev–Trinajstić information content (AvgIpc) is 0.854. The molecule has 730 valence electrons. The van der Waals surface area contributed by atoms with Crippen LogP contribution in [0.5, 0.6) is 0 Å². The lowest BCUT2D eigenvalue weighted by atomic mass is 10.2. The summed E-state index contributed by atoms with van der Waals surface area (Å²) in [4.78, 5) is 3.29. The van der Waals surface area contributed by atoms with Gasteiger partial charge < -0.3 is 101 Å². The molecule has 0 heterocycles. The van der Waals surface area contributed by atoms with E-state index in [4.69, 9.17) is 109 Å². The highest BCUT2D eigenvalue weighted by Gasteiger charge is 2.39. The Morgan fingerprint density at radius 1 is 0.463 bits per heavy atom. The normalized spacial score (nSPS) is 13.2. The first-order valence-electron chi connectivity index (χ1n) is 42.4. The van der Waals surface area contributed by atoms with Crippen LogP contribution in [0.25, 0.3) is 4.85 Å². The smallest absolute Gasteiger partial charge is 0.259 e. The molecule has 0 aliphatic carbocycles. The lowest BCUT2D eigenvalue weighted by Gasteiger charge is -2.36. The molecule has 0 aromatic heterocycles.